The molecule has 2 heterocycles. The normalized spacial score (nSPS) is 20.2. The molecule has 17 heavy (non-hydrogen) atoms. The molecule has 1 saturated heterocycles. The highest BCUT2D eigenvalue weighted by molar-refractivity contribution is 6.33. The minimum Gasteiger partial charge on any atom is -0.509 e. The number of anilines is 1. The number of aromatic nitrogens is 2. The Hall–Kier alpha value is -1.38. The van der Waals surface area contributed by atoms with Crippen LogP contribution in [-0.2, 0) is 4.74 Å². The van der Waals surface area contributed by atoms with Gasteiger partial charge in [-0.2, -0.15) is 0 Å². The second kappa shape index (κ2) is 5.30. The van der Waals surface area contributed by atoms with Gasteiger partial charge < -0.3 is 24.3 Å². The second-order valence-electron chi connectivity index (χ2n) is 3.78. The second-order valence-corrected chi connectivity index (χ2v) is 3.78. The van der Waals surface area contributed by atoms with Gasteiger partial charge in [-0.05, 0) is 6.92 Å². The molecule has 0 spiro atoms. The summed E-state index contributed by atoms with van der Waals surface area (Å²) in [6, 6.07) is 0.221. The van der Waals surface area contributed by atoms with Crippen molar-refractivity contribution in [3.63, 3.8) is 0 Å². The first-order valence-electron chi connectivity index (χ1n) is 5.36. The molecule has 0 saturated carbocycles. The van der Waals surface area contributed by atoms with Crippen LogP contribution in [0.5, 0.6) is 5.75 Å². The van der Waals surface area contributed by atoms with Crippen molar-refractivity contribution >= 4 is 13.3 Å². The van der Waals surface area contributed by atoms with E-state index in [1.165, 1.54) is 12.4 Å². The molecular weight excluding hydrogens is 225 g/mol. The van der Waals surface area contributed by atoms with Gasteiger partial charge in [0.1, 0.15) is 5.75 Å². The third-order valence-corrected chi connectivity index (χ3v) is 2.48. The van der Waals surface area contributed by atoms with Crippen molar-refractivity contribution in [1.82, 2.24) is 9.97 Å². The zero-order chi connectivity index (χ0) is 12.3. The van der Waals surface area contributed by atoms with E-state index in [0.29, 0.717) is 19.2 Å². The van der Waals surface area contributed by atoms with Crippen molar-refractivity contribution in [3.8, 4) is 5.75 Å². The van der Waals surface area contributed by atoms with Gasteiger partial charge in [-0.1, -0.05) is 0 Å². The molecule has 1 atom stereocenters. The van der Waals surface area contributed by atoms with Gasteiger partial charge in [-0.3, -0.25) is 0 Å². The number of ether oxygens (including phenoxy) is 1. The molecule has 7 nitrogen and oxygen atoms in total. The molecule has 0 amide bonds. The van der Waals surface area contributed by atoms with E-state index >= 15 is 0 Å². The molecular formula is C9H14BN3O4. The van der Waals surface area contributed by atoms with Crippen LogP contribution in [0.4, 0.5) is 5.95 Å². The molecule has 8 heteroatoms. The maximum absolute atomic E-state index is 8.62. The lowest BCUT2D eigenvalue weighted by Gasteiger charge is -2.33. The lowest BCUT2D eigenvalue weighted by atomic mass is 10.2. The molecule has 1 aliphatic heterocycles. The molecule has 0 unspecified atom stereocenters. The summed E-state index contributed by atoms with van der Waals surface area (Å²) in [5.41, 5.74) is 0. The molecule has 1 aliphatic rings. The SMILES string of the molecule is C[C@@H]1COCCN1c1ncc(OB(O)O)cn1. The summed E-state index contributed by atoms with van der Waals surface area (Å²) < 4.78 is 9.95. The maximum atomic E-state index is 8.62. The van der Waals surface area contributed by atoms with Gasteiger partial charge in [0.15, 0.2) is 0 Å². The van der Waals surface area contributed by atoms with E-state index in [-0.39, 0.29) is 11.8 Å². The number of hydrogen-bond donors (Lipinski definition) is 2. The number of hydrogen-bond acceptors (Lipinski definition) is 7. The fraction of sp³-hybridized carbons (Fsp3) is 0.556. The van der Waals surface area contributed by atoms with E-state index in [9.17, 15) is 0 Å². The summed E-state index contributed by atoms with van der Waals surface area (Å²) >= 11 is 0. The molecule has 2 rings (SSSR count). The molecule has 1 fully saturated rings. The first-order valence-corrected chi connectivity index (χ1v) is 5.36. The van der Waals surface area contributed by atoms with Crippen LogP contribution in [0.1, 0.15) is 6.92 Å². The van der Waals surface area contributed by atoms with Crippen LogP contribution in [0.3, 0.4) is 0 Å². The van der Waals surface area contributed by atoms with Gasteiger partial charge in [0, 0.05) is 6.54 Å². The van der Waals surface area contributed by atoms with Crippen molar-refractivity contribution in [2.75, 3.05) is 24.7 Å². The van der Waals surface area contributed by atoms with Crippen molar-refractivity contribution in [2.45, 2.75) is 13.0 Å². The van der Waals surface area contributed by atoms with Crippen LogP contribution in [0.2, 0.25) is 0 Å². The van der Waals surface area contributed by atoms with Crippen LogP contribution in [-0.4, -0.2) is 53.1 Å². The maximum Gasteiger partial charge on any atom is 0.707 e. The first-order chi connectivity index (χ1) is 8.16. The monoisotopic (exact) mass is 239 g/mol. The molecule has 0 bridgehead atoms. The Kier molecular flexibility index (Phi) is 3.77. The van der Waals surface area contributed by atoms with Gasteiger partial charge in [0.05, 0.1) is 31.6 Å². The first kappa shape index (κ1) is 12.1. The average Bonchev–Trinajstić information content (AvgIpc) is 2.30. The van der Waals surface area contributed by atoms with E-state index in [1.807, 2.05) is 11.8 Å². The Labute approximate surface area is 99.2 Å². The molecule has 0 aromatic carbocycles. The lowest BCUT2D eigenvalue weighted by molar-refractivity contribution is 0.0980. The van der Waals surface area contributed by atoms with Crippen LogP contribution in [0.25, 0.3) is 0 Å². The van der Waals surface area contributed by atoms with Crippen LogP contribution >= 0.6 is 0 Å². The fourth-order valence-corrected chi connectivity index (χ4v) is 1.66. The third kappa shape index (κ3) is 3.05. The molecule has 92 valence electrons. The summed E-state index contributed by atoms with van der Waals surface area (Å²) in [5.74, 6) is 0.797. The standard InChI is InChI=1S/C9H14BN3O4/c1-7-6-16-3-2-13(7)9-11-4-8(5-12-9)17-10(14)15/h4-5,7,14-15H,2-3,6H2,1H3/t7-/m1/s1. The Morgan fingerprint density at radius 1 is 1.47 bits per heavy atom. The average molecular weight is 239 g/mol. The Balaban J connectivity index is 2.06. The van der Waals surface area contributed by atoms with E-state index in [4.69, 9.17) is 14.8 Å². The van der Waals surface area contributed by atoms with Gasteiger partial charge in [-0.25, -0.2) is 9.97 Å². The predicted octanol–water partition coefficient (Wildman–Crippen LogP) is -0.950. The lowest BCUT2D eigenvalue weighted by Crippen LogP contribution is -2.44. The number of nitrogens with zero attached hydrogens (tertiary/aromatic N) is 3. The van der Waals surface area contributed by atoms with Crippen LogP contribution in [0.15, 0.2) is 12.4 Å². The van der Waals surface area contributed by atoms with Gasteiger partial charge in [-0.15, -0.1) is 0 Å². The van der Waals surface area contributed by atoms with Gasteiger partial charge in [0.25, 0.3) is 0 Å². The minimum atomic E-state index is -1.85. The molecule has 1 aromatic rings. The van der Waals surface area contributed by atoms with Gasteiger partial charge >= 0.3 is 7.32 Å². The fourth-order valence-electron chi connectivity index (χ4n) is 1.66. The Morgan fingerprint density at radius 3 is 2.76 bits per heavy atom. The summed E-state index contributed by atoms with van der Waals surface area (Å²) in [4.78, 5) is 10.3. The van der Waals surface area contributed by atoms with Crippen LogP contribution < -0.4 is 9.55 Å². The summed E-state index contributed by atoms with van der Waals surface area (Å²) in [5, 5.41) is 17.2. The van der Waals surface area contributed by atoms with Crippen molar-refractivity contribution in [3.05, 3.63) is 12.4 Å². The summed E-state index contributed by atoms with van der Waals surface area (Å²) in [6.07, 6.45) is 2.81. The molecule has 2 N–H and O–H groups in total. The topological polar surface area (TPSA) is 87.9 Å². The number of morpholine rings is 1. The molecule has 1 aromatic heterocycles. The van der Waals surface area contributed by atoms with E-state index in [0.717, 1.165) is 6.54 Å². The summed E-state index contributed by atoms with van der Waals surface area (Å²) in [6.45, 7) is 4.08. The molecule has 0 radical (unpaired) electrons. The Bertz CT molecular complexity index is 362. The summed E-state index contributed by atoms with van der Waals surface area (Å²) in [7, 11) is -1.85. The predicted molar refractivity (Wildman–Crippen MR) is 60.5 cm³/mol. The smallest absolute Gasteiger partial charge is 0.509 e. The highest BCUT2D eigenvalue weighted by Crippen LogP contribution is 2.16. The quantitative estimate of drug-likeness (QED) is 0.657. The highest BCUT2D eigenvalue weighted by Gasteiger charge is 2.21. The van der Waals surface area contributed by atoms with E-state index in [1.54, 1.807) is 0 Å². The van der Waals surface area contributed by atoms with E-state index in [2.05, 4.69) is 14.6 Å². The molecule has 0 aliphatic carbocycles. The largest absolute Gasteiger partial charge is 0.707 e. The van der Waals surface area contributed by atoms with Crippen molar-refractivity contribution in [1.29, 1.82) is 0 Å². The zero-order valence-electron chi connectivity index (χ0n) is 9.48. The van der Waals surface area contributed by atoms with Gasteiger partial charge in [0.2, 0.25) is 5.95 Å². The van der Waals surface area contributed by atoms with Crippen LogP contribution in [0, 0.1) is 0 Å². The van der Waals surface area contributed by atoms with Crippen molar-refractivity contribution < 1.29 is 19.4 Å². The minimum absolute atomic E-state index is 0.213. The Morgan fingerprint density at radius 2 is 2.18 bits per heavy atom. The van der Waals surface area contributed by atoms with Crippen molar-refractivity contribution in [2.24, 2.45) is 0 Å². The third-order valence-electron chi connectivity index (χ3n) is 2.48. The highest BCUT2D eigenvalue weighted by atomic mass is 16.6. The zero-order valence-corrected chi connectivity index (χ0v) is 9.48. The number of rotatable bonds is 3. The van der Waals surface area contributed by atoms with E-state index < -0.39 is 7.32 Å².